The van der Waals surface area contributed by atoms with Crippen LogP contribution in [0.4, 0.5) is 5.82 Å². The number of hydrogen-bond donors (Lipinski definition) is 1. The van der Waals surface area contributed by atoms with Crippen LogP contribution >= 0.6 is 15.9 Å². The number of aromatic nitrogens is 2. The first-order valence-corrected chi connectivity index (χ1v) is 6.57. The summed E-state index contributed by atoms with van der Waals surface area (Å²) in [6.07, 6.45) is 4.20. The van der Waals surface area contributed by atoms with E-state index in [1.165, 1.54) is 5.56 Å². The third-order valence-corrected chi connectivity index (χ3v) is 3.52. The van der Waals surface area contributed by atoms with Gasteiger partial charge in [-0.15, -0.1) is 0 Å². The van der Waals surface area contributed by atoms with Gasteiger partial charge in [0.1, 0.15) is 17.9 Å². The molecule has 0 fully saturated rings. The van der Waals surface area contributed by atoms with Gasteiger partial charge < -0.3 is 10.1 Å². The Bertz CT molecular complexity index is 561. The number of anilines is 1. The van der Waals surface area contributed by atoms with Crippen molar-refractivity contribution in [1.29, 1.82) is 0 Å². The number of para-hydroxylation sites is 1. The third kappa shape index (κ3) is 2.18. The summed E-state index contributed by atoms with van der Waals surface area (Å²) in [7, 11) is 0. The topological polar surface area (TPSA) is 47.0 Å². The van der Waals surface area contributed by atoms with Crippen LogP contribution in [0.2, 0.25) is 0 Å². The van der Waals surface area contributed by atoms with Crippen LogP contribution in [-0.2, 0) is 0 Å². The van der Waals surface area contributed by atoms with Crippen LogP contribution in [0.3, 0.4) is 0 Å². The molecule has 1 atom stereocenters. The lowest BCUT2D eigenvalue weighted by Crippen LogP contribution is -2.20. The second-order valence-corrected chi connectivity index (χ2v) is 4.95. The number of nitrogens with one attached hydrogen (secondary N) is 1. The van der Waals surface area contributed by atoms with Crippen LogP contribution in [0, 0.1) is 0 Å². The molecule has 0 bridgehead atoms. The number of rotatable bonds is 2. The first kappa shape index (κ1) is 11.5. The van der Waals surface area contributed by atoms with E-state index in [1.807, 2.05) is 18.2 Å². The summed E-state index contributed by atoms with van der Waals surface area (Å²) in [6, 6.07) is 8.32. The maximum absolute atomic E-state index is 5.64. The summed E-state index contributed by atoms with van der Waals surface area (Å²) in [5.41, 5.74) is 1.18. The van der Waals surface area contributed by atoms with Crippen molar-refractivity contribution in [3.05, 3.63) is 46.8 Å². The van der Waals surface area contributed by atoms with Crippen LogP contribution < -0.4 is 10.1 Å². The van der Waals surface area contributed by atoms with Crippen LogP contribution in [0.25, 0.3) is 0 Å². The Balaban J connectivity index is 1.89. The normalized spacial score (nSPS) is 17.7. The van der Waals surface area contributed by atoms with Crippen molar-refractivity contribution >= 4 is 21.7 Å². The zero-order valence-electron chi connectivity index (χ0n) is 9.64. The molecule has 1 aliphatic heterocycles. The number of fused-ring (bicyclic) bond motifs is 1. The van der Waals surface area contributed by atoms with Crippen molar-refractivity contribution in [2.45, 2.75) is 12.5 Å². The minimum absolute atomic E-state index is 0.223. The van der Waals surface area contributed by atoms with Crippen LogP contribution in [0.1, 0.15) is 18.0 Å². The first-order chi connectivity index (χ1) is 8.84. The molecule has 5 heteroatoms. The van der Waals surface area contributed by atoms with Crippen molar-refractivity contribution < 1.29 is 4.74 Å². The van der Waals surface area contributed by atoms with E-state index in [-0.39, 0.29) is 6.04 Å². The van der Waals surface area contributed by atoms with Gasteiger partial charge in [-0.25, -0.2) is 9.97 Å². The molecule has 0 saturated carbocycles. The first-order valence-electron chi connectivity index (χ1n) is 5.78. The molecule has 92 valence electrons. The predicted octanol–water partition coefficient (Wildman–Crippen LogP) is 3.17. The molecular weight excluding hydrogens is 294 g/mol. The SMILES string of the molecule is Brc1cncnc1N[C@@H]1CCOc2ccccc21. The molecule has 1 aliphatic rings. The van der Waals surface area contributed by atoms with Gasteiger partial charge in [-0.2, -0.15) is 0 Å². The number of benzene rings is 1. The molecule has 2 aromatic rings. The largest absolute Gasteiger partial charge is 0.493 e. The molecule has 0 radical (unpaired) electrons. The Hall–Kier alpha value is -1.62. The number of ether oxygens (including phenoxy) is 1. The van der Waals surface area contributed by atoms with Crippen LogP contribution in [-0.4, -0.2) is 16.6 Å². The van der Waals surface area contributed by atoms with E-state index in [2.05, 4.69) is 37.3 Å². The van der Waals surface area contributed by atoms with Crippen molar-refractivity contribution in [1.82, 2.24) is 9.97 Å². The summed E-state index contributed by atoms with van der Waals surface area (Å²) in [6.45, 7) is 0.720. The van der Waals surface area contributed by atoms with Crippen molar-refractivity contribution in [3.8, 4) is 5.75 Å². The summed E-state index contributed by atoms with van der Waals surface area (Å²) in [5.74, 6) is 1.76. The van der Waals surface area contributed by atoms with E-state index in [0.717, 1.165) is 29.1 Å². The maximum atomic E-state index is 5.64. The smallest absolute Gasteiger partial charge is 0.144 e. The second kappa shape index (κ2) is 4.94. The highest BCUT2D eigenvalue weighted by Crippen LogP contribution is 2.34. The van der Waals surface area contributed by atoms with E-state index < -0.39 is 0 Å². The van der Waals surface area contributed by atoms with Gasteiger partial charge in [0, 0.05) is 18.2 Å². The molecular formula is C13H12BrN3O. The summed E-state index contributed by atoms with van der Waals surface area (Å²) in [5, 5.41) is 3.43. The van der Waals surface area contributed by atoms with Gasteiger partial charge in [-0.1, -0.05) is 18.2 Å². The predicted molar refractivity (Wildman–Crippen MR) is 72.6 cm³/mol. The molecule has 0 unspecified atom stereocenters. The Morgan fingerprint density at radius 3 is 3.11 bits per heavy atom. The van der Waals surface area contributed by atoms with Gasteiger partial charge >= 0.3 is 0 Å². The molecule has 0 aliphatic carbocycles. The maximum Gasteiger partial charge on any atom is 0.144 e. The fourth-order valence-electron chi connectivity index (χ4n) is 2.08. The van der Waals surface area contributed by atoms with Gasteiger partial charge in [0.25, 0.3) is 0 Å². The Morgan fingerprint density at radius 2 is 2.22 bits per heavy atom. The summed E-state index contributed by atoms with van der Waals surface area (Å²) >= 11 is 3.44. The molecule has 0 saturated heterocycles. The Morgan fingerprint density at radius 1 is 1.33 bits per heavy atom. The second-order valence-electron chi connectivity index (χ2n) is 4.09. The van der Waals surface area contributed by atoms with Gasteiger partial charge in [-0.3, -0.25) is 0 Å². The minimum atomic E-state index is 0.223. The molecule has 0 spiro atoms. The zero-order valence-corrected chi connectivity index (χ0v) is 11.2. The fourth-order valence-corrected chi connectivity index (χ4v) is 2.41. The molecule has 3 rings (SSSR count). The molecule has 18 heavy (non-hydrogen) atoms. The molecule has 1 aromatic heterocycles. The standard InChI is InChI=1S/C13H12BrN3O/c14-10-7-15-8-16-13(10)17-11-5-6-18-12-4-2-1-3-9(11)12/h1-4,7-8,11H,5-6H2,(H,15,16,17)/t11-/m1/s1. The Kier molecular flexibility index (Phi) is 3.15. The van der Waals surface area contributed by atoms with Gasteiger partial charge in [-0.05, 0) is 22.0 Å². The fraction of sp³-hybridized carbons (Fsp3) is 0.231. The van der Waals surface area contributed by atoms with Gasteiger partial charge in [0.2, 0.25) is 0 Å². The molecule has 1 aromatic carbocycles. The highest BCUT2D eigenvalue weighted by atomic mass is 79.9. The van der Waals surface area contributed by atoms with Crippen LogP contribution in [0.15, 0.2) is 41.3 Å². The lowest BCUT2D eigenvalue weighted by atomic mass is 10.0. The molecule has 1 N–H and O–H groups in total. The van der Waals surface area contributed by atoms with Crippen molar-refractivity contribution in [2.75, 3.05) is 11.9 Å². The zero-order chi connectivity index (χ0) is 12.4. The number of hydrogen-bond acceptors (Lipinski definition) is 4. The van der Waals surface area contributed by atoms with Crippen molar-refractivity contribution in [3.63, 3.8) is 0 Å². The average molecular weight is 306 g/mol. The number of nitrogens with zero attached hydrogens (tertiary/aromatic N) is 2. The monoisotopic (exact) mass is 305 g/mol. The molecule has 0 amide bonds. The van der Waals surface area contributed by atoms with E-state index in [1.54, 1.807) is 12.5 Å². The lowest BCUT2D eigenvalue weighted by molar-refractivity contribution is 0.274. The highest BCUT2D eigenvalue weighted by Gasteiger charge is 2.21. The highest BCUT2D eigenvalue weighted by molar-refractivity contribution is 9.10. The van der Waals surface area contributed by atoms with Crippen molar-refractivity contribution in [2.24, 2.45) is 0 Å². The van der Waals surface area contributed by atoms with E-state index >= 15 is 0 Å². The summed E-state index contributed by atoms with van der Waals surface area (Å²) < 4.78 is 6.51. The quantitative estimate of drug-likeness (QED) is 0.926. The average Bonchev–Trinajstić information content (AvgIpc) is 2.42. The molecule has 4 nitrogen and oxygen atoms in total. The Labute approximate surface area is 114 Å². The van der Waals surface area contributed by atoms with Crippen LogP contribution in [0.5, 0.6) is 5.75 Å². The number of halogens is 1. The summed E-state index contributed by atoms with van der Waals surface area (Å²) in [4.78, 5) is 8.20. The third-order valence-electron chi connectivity index (χ3n) is 2.94. The van der Waals surface area contributed by atoms with Gasteiger partial charge in [0.15, 0.2) is 0 Å². The minimum Gasteiger partial charge on any atom is -0.493 e. The lowest BCUT2D eigenvalue weighted by Gasteiger charge is -2.27. The van der Waals surface area contributed by atoms with Gasteiger partial charge in [0.05, 0.1) is 17.1 Å². The van der Waals surface area contributed by atoms with E-state index in [9.17, 15) is 0 Å². The van der Waals surface area contributed by atoms with E-state index in [4.69, 9.17) is 4.74 Å². The molecule has 2 heterocycles. The van der Waals surface area contributed by atoms with E-state index in [0.29, 0.717) is 0 Å².